The van der Waals surface area contributed by atoms with E-state index < -0.39 is 0 Å². The molecule has 1 atom stereocenters. The highest BCUT2D eigenvalue weighted by Crippen LogP contribution is 2.24. The Kier molecular flexibility index (Phi) is 5.37. The van der Waals surface area contributed by atoms with Gasteiger partial charge in [0, 0.05) is 5.56 Å². The Morgan fingerprint density at radius 3 is 1.86 bits per heavy atom. The minimum atomic E-state index is -0.0211. The third kappa shape index (κ3) is 3.97. The summed E-state index contributed by atoms with van der Waals surface area (Å²) in [5.74, 6) is 0.829. The minimum absolute atomic E-state index is 0.0211. The van der Waals surface area contributed by atoms with E-state index in [-0.39, 0.29) is 11.9 Å². The molecule has 116 valence electrons. The smallest absolute Gasteiger partial charge is 0.251 e. The van der Waals surface area contributed by atoms with E-state index in [1.165, 1.54) is 5.56 Å². The van der Waals surface area contributed by atoms with E-state index in [9.17, 15) is 4.79 Å². The molecule has 0 fully saturated rings. The van der Waals surface area contributed by atoms with Gasteiger partial charge in [0.05, 0.1) is 6.04 Å². The van der Waals surface area contributed by atoms with Crippen molar-refractivity contribution in [3.63, 3.8) is 0 Å². The first-order valence-corrected chi connectivity index (χ1v) is 7.94. The normalized spacial score (nSPS) is 12.5. The highest BCUT2D eigenvalue weighted by Gasteiger charge is 2.19. The topological polar surface area (TPSA) is 29.1 Å². The average Bonchev–Trinajstić information content (AvgIpc) is 2.53. The molecule has 1 N–H and O–H groups in total. The second-order valence-corrected chi connectivity index (χ2v) is 6.38. The van der Waals surface area contributed by atoms with Crippen molar-refractivity contribution in [3.8, 4) is 0 Å². The summed E-state index contributed by atoms with van der Waals surface area (Å²) in [4.78, 5) is 12.4. The van der Waals surface area contributed by atoms with Crippen LogP contribution < -0.4 is 5.32 Å². The number of carbonyl (C=O) groups is 1. The third-order valence-corrected chi connectivity index (χ3v) is 3.95. The number of hydrogen-bond acceptors (Lipinski definition) is 1. The molecule has 2 heteroatoms. The predicted molar refractivity (Wildman–Crippen MR) is 92.0 cm³/mol. The lowest BCUT2D eigenvalue weighted by Gasteiger charge is -2.23. The summed E-state index contributed by atoms with van der Waals surface area (Å²) < 4.78 is 0. The zero-order chi connectivity index (χ0) is 16.1. The number of rotatable bonds is 5. The molecule has 0 aliphatic rings. The summed E-state index contributed by atoms with van der Waals surface area (Å²) >= 11 is 0. The number of amides is 1. The van der Waals surface area contributed by atoms with Crippen LogP contribution in [0.4, 0.5) is 0 Å². The Hall–Kier alpha value is -2.09. The fourth-order valence-electron chi connectivity index (χ4n) is 2.54. The fraction of sp³-hybridized carbons (Fsp3) is 0.350. The molecule has 0 saturated heterocycles. The van der Waals surface area contributed by atoms with E-state index in [1.54, 1.807) is 0 Å². The molecule has 2 nitrogen and oxygen atoms in total. The molecule has 0 saturated carbocycles. The van der Waals surface area contributed by atoms with Crippen molar-refractivity contribution in [2.75, 3.05) is 0 Å². The molecule has 22 heavy (non-hydrogen) atoms. The molecule has 0 aliphatic heterocycles. The second-order valence-electron chi connectivity index (χ2n) is 6.38. The zero-order valence-corrected chi connectivity index (χ0v) is 13.8. The van der Waals surface area contributed by atoms with E-state index in [2.05, 4.69) is 57.3 Å². The number of hydrogen-bond donors (Lipinski definition) is 1. The summed E-state index contributed by atoms with van der Waals surface area (Å²) in [5.41, 5.74) is 3.18. The second kappa shape index (κ2) is 7.26. The molecule has 0 bridgehead atoms. The molecule has 0 aliphatic carbocycles. The molecular formula is C20H25NO. The van der Waals surface area contributed by atoms with Crippen molar-refractivity contribution in [2.45, 2.75) is 39.7 Å². The van der Waals surface area contributed by atoms with Gasteiger partial charge in [0.15, 0.2) is 0 Å². The van der Waals surface area contributed by atoms with Crippen molar-refractivity contribution in [1.82, 2.24) is 5.32 Å². The van der Waals surface area contributed by atoms with Crippen LogP contribution in [0.3, 0.4) is 0 Å². The van der Waals surface area contributed by atoms with Gasteiger partial charge in [-0.3, -0.25) is 4.79 Å². The minimum Gasteiger partial charge on any atom is -0.345 e. The summed E-state index contributed by atoms with van der Waals surface area (Å²) in [6.45, 7) is 8.64. The fourth-order valence-corrected chi connectivity index (χ4v) is 2.54. The van der Waals surface area contributed by atoms with Gasteiger partial charge in [-0.25, -0.2) is 0 Å². The lowest BCUT2D eigenvalue weighted by Crippen LogP contribution is -2.31. The predicted octanol–water partition coefficient (Wildman–Crippen LogP) is 4.94. The van der Waals surface area contributed by atoms with E-state index in [0.29, 0.717) is 17.4 Å². The number of nitrogens with one attached hydrogen (secondary N) is 1. The summed E-state index contributed by atoms with van der Waals surface area (Å²) in [6, 6.07) is 18.0. The van der Waals surface area contributed by atoms with Gasteiger partial charge in [-0.15, -0.1) is 0 Å². The Labute approximate surface area is 133 Å². The number of benzene rings is 2. The molecule has 0 aromatic heterocycles. The summed E-state index contributed by atoms with van der Waals surface area (Å²) in [7, 11) is 0. The van der Waals surface area contributed by atoms with Gasteiger partial charge < -0.3 is 5.32 Å². The van der Waals surface area contributed by atoms with Crippen LogP contribution in [0.1, 0.15) is 61.1 Å². The van der Waals surface area contributed by atoms with Gasteiger partial charge in [0.25, 0.3) is 5.91 Å². The zero-order valence-electron chi connectivity index (χ0n) is 13.8. The molecule has 0 radical (unpaired) electrons. The van der Waals surface area contributed by atoms with E-state index in [0.717, 1.165) is 5.56 Å². The molecule has 0 spiro atoms. The quantitative estimate of drug-likeness (QED) is 0.832. The van der Waals surface area contributed by atoms with Gasteiger partial charge in [0.1, 0.15) is 0 Å². The summed E-state index contributed by atoms with van der Waals surface area (Å²) in [5, 5.41) is 3.16. The van der Waals surface area contributed by atoms with Crippen LogP contribution in [0.25, 0.3) is 0 Å². The Morgan fingerprint density at radius 1 is 0.818 bits per heavy atom. The van der Waals surface area contributed by atoms with Gasteiger partial charge >= 0.3 is 0 Å². The molecular weight excluding hydrogens is 270 g/mol. The average molecular weight is 295 g/mol. The van der Waals surface area contributed by atoms with Crippen LogP contribution in [0.2, 0.25) is 0 Å². The van der Waals surface area contributed by atoms with Crippen molar-refractivity contribution < 1.29 is 4.79 Å². The van der Waals surface area contributed by atoms with Crippen molar-refractivity contribution >= 4 is 5.91 Å². The molecule has 0 heterocycles. The van der Waals surface area contributed by atoms with Crippen LogP contribution in [-0.4, -0.2) is 5.91 Å². The Bertz CT molecular complexity index is 599. The SMILES string of the molecule is CC(C)c1ccc([C@H](NC(=O)c2ccccc2)C(C)C)cc1. The largest absolute Gasteiger partial charge is 0.345 e. The molecule has 0 unspecified atom stereocenters. The van der Waals surface area contributed by atoms with Crippen LogP contribution in [-0.2, 0) is 0 Å². The van der Waals surface area contributed by atoms with Gasteiger partial charge in [-0.1, -0.05) is 70.2 Å². The first-order chi connectivity index (χ1) is 10.5. The van der Waals surface area contributed by atoms with Gasteiger partial charge in [0.2, 0.25) is 0 Å². The maximum absolute atomic E-state index is 12.4. The van der Waals surface area contributed by atoms with E-state index in [4.69, 9.17) is 0 Å². The summed E-state index contributed by atoms with van der Waals surface area (Å²) in [6.07, 6.45) is 0. The van der Waals surface area contributed by atoms with Crippen molar-refractivity contribution in [1.29, 1.82) is 0 Å². The highest BCUT2D eigenvalue weighted by atomic mass is 16.1. The standard InChI is InChI=1S/C20H25NO/c1-14(2)16-10-12-17(13-11-16)19(15(3)4)21-20(22)18-8-6-5-7-9-18/h5-15,19H,1-4H3,(H,21,22)/t19-/m1/s1. The first-order valence-electron chi connectivity index (χ1n) is 7.94. The first kappa shape index (κ1) is 16.3. The van der Waals surface area contributed by atoms with Crippen LogP contribution >= 0.6 is 0 Å². The molecule has 2 rings (SSSR count). The molecule has 1 amide bonds. The van der Waals surface area contributed by atoms with Crippen LogP contribution in [0, 0.1) is 5.92 Å². The highest BCUT2D eigenvalue weighted by molar-refractivity contribution is 5.94. The van der Waals surface area contributed by atoms with Crippen molar-refractivity contribution in [2.24, 2.45) is 5.92 Å². The van der Waals surface area contributed by atoms with Gasteiger partial charge in [-0.05, 0) is 35.1 Å². The monoisotopic (exact) mass is 295 g/mol. The Morgan fingerprint density at radius 2 is 1.36 bits per heavy atom. The van der Waals surface area contributed by atoms with E-state index >= 15 is 0 Å². The molecule has 2 aromatic carbocycles. The lowest BCUT2D eigenvalue weighted by atomic mass is 9.93. The third-order valence-electron chi connectivity index (χ3n) is 3.95. The maximum Gasteiger partial charge on any atom is 0.251 e. The van der Waals surface area contributed by atoms with Crippen molar-refractivity contribution in [3.05, 3.63) is 71.3 Å². The molecule has 2 aromatic rings. The lowest BCUT2D eigenvalue weighted by molar-refractivity contribution is 0.0925. The Balaban J connectivity index is 2.18. The van der Waals surface area contributed by atoms with Gasteiger partial charge in [-0.2, -0.15) is 0 Å². The van der Waals surface area contributed by atoms with Crippen LogP contribution in [0.15, 0.2) is 54.6 Å². The number of carbonyl (C=O) groups excluding carboxylic acids is 1. The van der Waals surface area contributed by atoms with E-state index in [1.807, 2.05) is 30.3 Å². The maximum atomic E-state index is 12.4. The van der Waals surface area contributed by atoms with Crippen LogP contribution in [0.5, 0.6) is 0 Å².